The number of hydrogen-bond donors (Lipinski definition) is 3. The largest absolute Gasteiger partial charge is 0.507 e. The van der Waals surface area contributed by atoms with E-state index in [2.05, 4.69) is 16.8 Å². The van der Waals surface area contributed by atoms with Crippen LogP contribution in [0.5, 0.6) is 17.5 Å². The third kappa shape index (κ3) is 4.17. The molecule has 1 saturated heterocycles. The summed E-state index contributed by atoms with van der Waals surface area (Å²) in [6, 6.07) is 8.13. The molecule has 33 heavy (non-hydrogen) atoms. The monoisotopic (exact) mass is 490 g/mol. The summed E-state index contributed by atoms with van der Waals surface area (Å²) in [6.45, 7) is 4.88. The van der Waals surface area contributed by atoms with Gasteiger partial charge in [0, 0.05) is 6.07 Å². The molecule has 1 aromatic heterocycles. The van der Waals surface area contributed by atoms with E-state index in [1.54, 1.807) is 29.2 Å². The van der Waals surface area contributed by atoms with Gasteiger partial charge in [-0.05, 0) is 44.1 Å². The molecule has 11 heteroatoms. The van der Waals surface area contributed by atoms with Crippen LogP contribution in [0.3, 0.4) is 0 Å². The van der Waals surface area contributed by atoms with Gasteiger partial charge in [-0.25, -0.2) is 13.0 Å². The van der Waals surface area contributed by atoms with E-state index in [4.69, 9.17) is 11.6 Å². The molecule has 174 valence electrons. The first-order valence-electron chi connectivity index (χ1n) is 10.3. The Morgan fingerprint density at radius 2 is 1.73 bits per heavy atom. The van der Waals surface area contributed by atoms with Gasteiger partial charge < -0.3 is 15.3 Å². The lowest BCUT2D eigenvalue weighted by atomic mass is 10.1. The first kappa shape index (κ1) is 23.1. The molecular weight excluding hydrogens is 468 g/mol. The lowest BCUT2D eigenvalue weighted by Gasteiger charge is -2.32. The van der Waals surface area contributed by atoms with E-state index in [0.29, 0.717) is 18.8 Å². The van der Waals surface area contributed by atoms with Gasteiger partial charge in [-0.1, -0.05) is 41.3 Å². The van der Waals surface area contributed by atoms with Crippen molar-refractivity contribution in [1.29, 1.82) is 0 Å². The van der Waals surface area contributed by atoms with Gasteiger partial charge in [0.1, 0.15) is 21.8 Å². The van der Waals surface area contributed by atoms with E-state index in [0.717, 1.165) is 31.4 Å². The van der Waals surface area contributed by atoms with Crippen molar-refractivity contribution in [3.8, 4) is 34.6 Å². The number of likely N-dealkylation sites (tertiary alicyclic amines) is 1. The number of sulfone groups is 1. The van der Waals surface area contributed by atoms with Gasteiger partial charge in [-0.2, -0.15) is 0 Å². The summed E-state index contributed by atoms with van der Waals surface area (Å²) < 4.78 is 28.2. The smallest absolute Gasteiger partial charge is 0.319 e. The zero-order valence-electron chi connectivity index (χ0n) is 17.6. The molecule has 1 fully saturated rings. The molecule has 0 spiro atoms. The highest BCUT2D eigenvalue weighted by Gasteiger charge is 2.34. The predicted octanol–water partition coefficient (Wildman–Crippen LogP) is 3.48. The van der Waals surface area contributed by atoms with Crippen molar-refractivity contribution in [2.75, 3.05) is 13.1 Å². The minimum Gasteiger partial charge on any atom is -0.507 e. The molecule has 1 unspecified atom stereocenters. The fraction of sp³-hybridized carbons (Fsp3) is 0.273. The Labute approximate surface area is 196 Å². The number of nitrogens with zero attached hydrogens (tertiary/aromatic N) is 4. The molecule has 0 amide bonds. The summed E-state index contributed by atoms with van der Waals surface area (Å²) in [7, 11) is -4.11. The fourth-order valence-corrected chi connectivity index (χ4v) is 6.01. The summed E-state index contributed by atoms with van der Waals surface area (Å²) in [5.41, 5.74) is 0.270. The second kappa shape index (κ2) is 9.05. The molecule has 0 saturated carbocycles. The van der Waals surface area contributed by atoms with Crippen molar-refractivity contribution in [3.63, 3.8) is 0 Å². The van der Waals surface area contributed by atoms with Crippen LogP contribution in [-0.2, 0) is 9.84 Å². The number of benzene rings is 2. The minimum absolute atomic E-state index is 0.0531. The van der Waals surface area contributed by atoms with Gasteiger partial charge in [0.25, 0.3) is 0 Å². The van der Waals surface area contributed by atoms with Crippen LogP contribution in [-0.4, -0.2) is 61.9 Å². The SMILES string of the molecule is C=CC(N1CCCCC1)S(=O)(=O)c1cc(-c2nnc(O)n2-c2ccccc2Cl)c(O)cc1O. The Morgan fingerprint density at radius 3 is 2.39 bits per heavy atom. The average molecular weight is 491 g/mol. The zero-order chi connectivity index (χ0) is 23.8. The molecular formula is C22H23ClN4O5S. The first-order valence-corrected chi connectivity index (χ1v) is 12.2. The fourth-order valence-electron chi connectivity index (χ4n) is 4.04. The zero-order valence-corrected chi connectivity index (χ0v) is 19.2. The van der Waals surface area contributed by atoms with Crippen molar-refractivity contribution < 1.29 is 23.7 Å². The van der Waals surface area contributed by atoms with E-state index in [1.807, 2.05) is 0 Å². The van der Waals surface area contributed by atoms with Crippen molar-refractivity contribution in [2.45, 2.75) is 29.5 Å². The van der Waals surface area contributed by atoms with E-state index >= 15 is 0 Å². The lowest BCUT2D eigenvalue weighted by Crippen LogP contribution is -2.42. The maximum atomic E-state index is 13.5. The topological polar surface area (TPSA) is 129 Å². The molecule has 0 radical (unpaired) electrons. The van der Waals surface area contributed by atoms with Crippen LogP contribution in [0, 0.1) is 0 Å². The average Bonchev–Trinajstić information content (AvgIpc) is 3.16. The molecule has 4 rings (SSSR count). The number of phenols is 2. The maximum Gasteiger partial charge on any atom is 0.319 e. The lowest BCUT2D eigenvalue weighted by molar-refractivity contribution is 0.229. The number of piperidine rings is 1. The van der Waals surface area contributed by atoms with Gasteiger partial charge in [0.05, 0.1) is 16.3 Å². The number of rotatable bonds is 6. The van der Waals surface area contributed by atoms with Crippen LogP contribution in [0.4, 0.5) is 0 Å². The summed E-state index contributed by atoms with van der Waals surface area (Å²) >= 11 is 6.26. The van der Waals surface area contributed by atoms with Crippen LogP contribution in [0.2, 0.25) is 5.02 Å². The molecule has 1 aliphatic heterocycles. The van der Waals surface area contributed by atoms with Crippen molar-refractivity contribution in [2.24, 2.45) is 0 Å². The summed E-state index contributed by atoms with van der Waals surface area (Å²) in [4.78, 5) is 1.41. The molecule has 3 N–H and O–H groups in total. The van der Waals surface area contributed by atoms with Gasteiger partial charge >= 0.3 is 6.01 Å². The number of para-hydroxylation sites is 1. The quantitative estimate of drug-likeness (QED) is 0.448. The third-order valence-electron chi connectivity index (χ3n) is 5.63. The number of aromatic hydroxyl groups is 3. The van der Waals surface area contributed by atoms with Crippen LogP contribution in [0.15, 0.2) is 53.9 Å². The molecule has 9 nitrogen and oxygen atoms in total. The second-order valence-corrected chi connectivity index (χ2v) is 10.1. The summed E-state index contributed by atoms with van der Waals surface area (Å²) in [6.07, 6.45) is 4.10. The molecule has 1 atom stereocenters. The summed E-state index contributed by atoms with van der Waals surface area (Å²) in [5, 5.41) is 38.1. The van der Waals surface area contributed by atoms with E-state index in [-0.39, 0.29) is 21.3 Å². The Morgan fingerprint density at radius 1 is 1.03 bits per heavy atom. The second-order valence-electron chi connectivity index (χ2n) is 7.72. The van der Waals surface area contributed by atoms with Crippen LogP contribution in [0.25, 0.3) is 17.1 Å². The molecule has 2 aromatic carbocycles. The van der Waals surface area contributed by atoms with E-state index in [1.165, 1.54) is 10.6 Å². The first-order chi connectivity index (χ1) is 15.8. The van der Waals surface area contributed by atoms with Crippen LogP contribution < -0.4 is 0 Å². The normalized spacial score (nSPS) is 15.9. The minimum atomic E-state index is -4.11. The Balaban J connectivity index is 1.86. The van der Waals surface area contributed by atoms with Crippen molar-refractivity contribution in [1.82, 2.24) is 19.7 Å². The number of aromatic nitrogens is 3. The molecule has 1 aliphatic rings. The highest BCUT2D eigenvalue weighted by Crippen LogP contribution is 2.40. The van der Waals surface area contributed by atoms with Gasteiger partial charge in [0.15, 0.2) is 5.82 Å². The highest BCUT2D eigenvalue weighted by atomic mass is 35.5. The predicted molar refractivity (Wildman–Crippen MR) is 123 cm³/mol. The third-order valence-corrected chi connectivity index (χ3v) is 8.02. The summed E-state index contributed by atoms with van der Waals surface area (Å²) in [5.74, 6) is -1.10. The number of phenolic OH excluding ortho intramolecular Hbond substituents is 2. The van der Waals surface area contributed by atoms with Crippen LogP contribution in [0.1, 0.15) is 19.3 Å². The van der Waals surface area contributed by atoms with Gasteiger partial charge in [-0.15, -0.1) is 11.7 Å². The van der Waals surface area contributed by atoms with E-state index in [9.17, 15) is 23.7 Å². The Bertz CT molecular complexity index is 1300. The number of halogens is 1. The molecule has 0 aliphatic carbocycles. The Hall–Kier alpha value is -3.08. The van der Waals surface area contributed by atoms with Gasteiger partial charge in [-0.3, -0.25) is 4.90 Å². The molecule has 0 bridgehead atoms. The van der Waals surface area contributed by atoms with E-state index < -0.39 is 32.7 Å². The molecule has 3 aromatic rings. The Kier molecular flexibility index (Phi) is 6.33. The number of hydrogen-bond acceptors (Lipinski definition) is 8. The molecule has 2 heterocycles. The maximum absolute atomic E-state index is 13.5. The standard InChI is InChI=1S/C22H23ClN4O5S/c1-2-20(26-10-6-3-7-11-26)33(31,32)19-12-14(17(28)13-18(19)29)21-24-25-22(30)27(21)16-9-5-4-8-15(16)23/h2,4-5,8-9,12-13,20,28-29H,1,3,6-7,10-11H2,(H,25,30). The van der Waals surface area contributed by atoms with Crippen LogP contribution >= 0.6 is 11.6 Å². The van der Waals surface area contributed by atoms with Crippen molar-refractivity contribution >= 4 is 21.4 Å². The van der Waals surface area contributed by atoms with Gasteiger partial charge in [0.2, 0.25) is 9.84 Å². The highest BCUT2D eigenvalue weighted by molar-refractivity contribution is 7.92. The van der Waals surface area contributed by atoms with Crippen molar-refractivity contribution in [3.05, 3.63) is 54.1 Å².